The van der Waals surface area contributed by atoms with Crippen LogP contribution in [0.15, 0.2) is 47.0 Å². The summed E-state index contributed by atoms with van der Waals surface area (Å²) in [7, 11) is 0. The number of aliphatic hydroxyl groups is 1. The van der Waals surface area contributed by atoms with Crippen molar-refractivity contribution < 1.29 is 14.6 Å². The third-order valence-corrected chi connectivity index (χ3v) is 4.22. The number of nitro benzene ring substituents is 1. The van der Waals surface area contributed by atoms with E-state index in [9.17, 15) is 15.2 Å². The highest BCUT2D eigenvalue weighted by Gasteiger charge is 2.24. The highest BCUT2D eigenvalue weighted by atomic mass is 35.5. The van der Waals surface area contributed by atoms with E-state index in [1.807, 2.05) is 0 Å². The Morgan fingerprint density at radius 3 is 2.58 bits per heavy atom. The second kappa shape index (κ2) is 6.60. The Morgan fingerprint density at radius 1 is 1.17 bits per heavy atom. The van der Waals surface area contributed by atoms with Crippen LogP contribution in [0.1, 0.15) is 5.56 Å². The molecule has 0 saturated carbocycles. The van der Waals surface area contributed by atoms with Gasteiger partial charge in [0, 0.05) is 11.6 Å². The van der Waals surface area contributed by atoms with Crippen LogP contribution in [0.4, 0.5) is 5.69 Å². The summed E-state index contributed by atoms with van der Waals surface area (Å²) in [6.45, 7) is -0.402. The average molecular weight is 365 g/mol. The lowest BCUT2D eigenvalue weighted by molar-refractivity contribution is -0.384. The maximum absolute atomic E-state index is 11.2. The van der Waals surface area contributed by atoms with Gasteiger partial charge < -0.3 is 9.63 Å². The van der Waals surface area contributed by atoms with Crippen molar-refractivity contribution in [2.75, 3.05) is 0 Å². The fourth-order valence-electron chi connectivity index (χ4n) is 2.36. The van der Waals surface area contributed by atoms with Gasteiger partial charge in [0.2, 0.25) is 0 Å². The normalized spacial score (nSPS) is 10.8. The third-order valence-electron chi connectivity index (χ3n) is 3.48. The zero-order valence-corrected chi connectivity index (χ0v) is 13.6. The van der Waals surface area contributed by atoms with E-state index in [1.165, 1.54) is 12.1 Å². The van der Waals surface area contributed by atoms with Crippen molar-refractivity contribution in [2.24, 2.45) is 0 Å². The molecular weight excluding hydrogens is 355 g/mol. The predicted octanol–water partition coefficient (Wildman–Crippen LogP) is 4.72. The van der Waals surface area contributed by atoms with Gasteiger partial charge in [0.15, 0.2) is 5.76 Å². The van der Waals surface area contributed by atoms with Crippen molar-refractivity contribution in [2.45, 2.75) is 6.61 Å². The third kappa shape index (κ3) is 2.87. The molecular formula is C16H10Cl2N2O4. The Kier molecular flexibility index (Phi) is 4.53. The fraction of sp³-hybridized carbons (Fsp3) is 0.0625. The molecule has 122 valence electrons. The van der Waals surface area contributed by atoms with Crippen LogP contribution >= 0.6 is 23.2 Å². The molecule has 0 bridgehead atoms. The zero-order valence-electron chi connectivity index (χ0n) is 12.1. The number of nitro groups is 1. The van der Waals surface area contributed by atoms with Crippen LogP contribution in [0.5, 0.6) is 0 Å². The molecule has 0 spiro atoms. The molecule has 0 fully saturated rings. The van der Waals surface area contributed by atoms with Gasteiger partial charge in [-0.15, -0.1) is 0 Å². The Bertz CT molecular complexity index is 924. The molecule has 0 amide bonds. The van der Waals surface area contributed by atoms with Crippen molar-refractivity contribution >= 4 is 28.9 Å². The summed E-state index contributed by atoms with van der Waals surface area (Å²) in [5.74, 6) is 0.144. The smallest absolute Gasteiger partial charge is 0.280 e. The van der Waals surface area contributed by atoms with E-state index < -0.39 is 11.5 Å². The number of hydrogen-bond acceptors (Lipinski definition) is 5. The standard InChI is InChI=1S/C16H10Cl2N2O4/c17-12-6-5-9(7-13(12)18)15-11(8-21)16(24-19-15)10-3-1-2-4-14(10)20(22)23/h1-7,21H,8H2. The minimum Gasteiger partial charge on any atom is -0.391 e. The number of benzene rings is 2. The van der Waals surface area contributed by atoms with E-state index in [4.69, 9.17) is 27.7 Å². The van der Waals surface area contributed by atoms with E-state index in [0.29, 0.717) is 26.9 Å². The molecule has 0 radical (unpaired) electrons. The number of aliphatic hydroxyl groups excluding tert-OH is 1. The molecule has 0 saturated heterocycles. The van der Waals surface area contributed by atoms with E-state index in [2.05, 4.69) is 5.16 Å². The van der Waals surface area contributed by atoms with E-state index in [-0.39, 0.29) is 17.0 Å². The predicted molar refractivity (Wildman–Crippen MR) is 90.0 cm³/mol. The Balaban J connectivity index is 2.18. The average Bonchev–Trinajstić information content (AvgIpc) is 3.01. The Hall–Kier alpha value is -2.41. The summed E-state index contributed by atoms with van der Waals surface area (Å²) in [4.78, 5) is 10.7. The van der Waals surface area contributed by atoms with Crippen molar-refractivity contribution in [3.63, 3.8) is 0 Å². The molecule has 0 aliphatic carbocycles. The van der Waals surface area contributed by atoms with Crippen LogP contribution in [-0.2, 0) is 6.61 Å². The van der Waals surface area contributed by atoms with Crippen LogP contribution in [0.3, 0.4) is 0 Å². The Labute approximate surface area is 146 Å². The van der Waals surface area contributed by atoms with Crippen LogP contribution < -0.4 is 0 Å². The number of nitrogens with zero attached hydrogens (tertiary/aromatic N) is 2. The van der Waals surface area contributed by atoms with Gasteiger partial charge in [0.25, 0.3) is 5.69 Å². The first kappa shape index (κ1) is 16.4. The highest BCUT2D eigenvalue weighted by molar-refractivity contribution is 6.42. The maximum atomic E-state index is 11.2. The summed E-state index contributed by atoms with van der Waals surface area (Å²) >= 11 is 11.9. The van der Waals surface area contributed by atoms with Gasteiger partial charge in [-0.25, -0.2) is 0 Å². The Morgan fingerprint density at radius 2 is 1.92 bits per heavy atom. The molecule has 0 atom stereocenters. The van der Waals surface area contributed by atoms with Gasteiger partial charge in [-0.1, -0.05) is 46.6 Å². The molecule has 6 nitrogen and oxygen atoms in total. The lowest BCUT2D eigenvalue weighted by atomic mass is 10.0. The molecule has 0 aliphatic rings. The SMILES string of the molecule is O=[N+]([O-])c1ccccc1-c1onc(-c2ccc(Cl)c(Cl)c2)c1CO. The van der Waals surface area contributed by atoms with Crippen LogP contribution in [0, 0.1) is 10.1 Å². The summed E-state index contributed by atoms with van der Waals surface area (Å²) in [5, 5.41) is 25.6. The number of hydrogen-bond donors (Lipinski definition) is 1. The van der Waals surface area contributed by atoms with Crippen LogP contribution in [0.2, 0.25) is 10.0 Å². The minimum absolute atomic E-state index is 0.135. The van der Waals surface area contributed by atoms with Gasteiger partial charge in [-0.3, -0.25) is 10.1 Å². The molecule has 24 heavy (non-hydrogen) atoms. The number of rotatable bonds is 4. The molecule has 0 aliphatic heterocycles. The first-order chi connectivity index (χ1) is 11.5. The maximum Gasteiger partial charge on any atom is 0.280 e. The molecule has 2 aromatic carbocycles. The molecule has 1 heterocycles. The lowest BCUT2D eigenvalue weighted by Crippen LogP contribution is -1.94. The van der Waals surface area contributed by atoms with Gasteiger partial charge in [-0.2, -0.15) is 0 Å². The lowest BCUT2D eigenvalue weighted by Gasteiger charge is -2.03. The van der Waals surface area contributed by atoms with Gasteiger partial charge in [0.1, 0.15) is 5.69 Å². The van der Waals surface area contributed by atoms with E-state index in [0.717, 1.165) is 0 Å². The number of aromatic nitrogens is 1. The van der Waals surface area contributed by atoms with Crippen molar-refractivity contribution in [3.8, 4) is 22.6 Å². The van der Waals surface area contributed by atoms with E-state index >= 15 is 0 Å². The zero-order chi connectivity index (χ0) is 17.3. The van der Waals surface area contributed by atoms with Crippen LogP contribution in [-0.4, -0.2) is 15.2 Å². The second-order valence-corrected chi connectivity index (χ2v) is 5.71. The van der Waals surface area contributed by atoms with Gasteiger partial charge in [0.05, 0.1) is 32.7 Å². The first-order valence-corrected chi connectivity index (χ1v) is 7.57. The minimum atomic E-state index is -0.516. The van der Waals surface area contributed by atoms with Gasteiger partial charge in [-0.05, 0) is 18.2 Å². The number of para-hydroxylation sites is 1. The summed E-state index contributed by atoms with van der Waals surface area (Å²) < 4.78 is 5.30. The van der Waals surface area contributed by atoms with E-state index in [1.54, 1.807) is 30.3 Å². The first-order valence-electron chi connectivity index (χ1n) is 6.81. The quantitative estimate of drug-likeness (QED) is 0.534. The molecule has 3 rings (SSSR count). The van der Waals surface area contributed by atoms with Crippen molar-refractivity contribution in [1.29, 1.82) is 0 Å². The highest BCUT2D eigenvalue weighted by Crippen LogP contribution is 2.38. The fourth-order valence-corrected chi connectivity index (χ4v) is 2.66. The molecule has 8 heteroatoms. The topological polar surface area (TPSA) is 89.4 Å². The van der Waals surface area contributed by atoms with Crippen molar-refractivity contribution in [3.05, 3.63) is 68.2 Å². The second-order valence-electron chi connectivity index (χ2n) is 4.90. The molecule has 3 aromatic rings. The number of halogens is 2. The molecule has 0 unspecified atom stereocenters. The summed E-state index contributed by atoms with van der Waals surface area (Å²) in [5.41, 5.74) is 1.38. The summed E-state index contributed by atoms with van der Waals surface area (Å²) in [6.07, 6.45) is 0. The molecule has 1 aromatic heterocycles. The monoisotopic (exact) mass is 364 g/mol. The summed E-state index contributed by atoms with van der Waals surface area (Å²) in [6, 6.07) is 11.0. The van der Waals surface area contributed by atoms with Gasteiger partial charge >= 0.3 is 0 Å². The van der Waals surface area contributed by atoms with Crippen LogP contribution in [0.25, 0.3) is 22.6 Å². The largest absolute Gasteiger partial charge is 0.391 e. The van der Waals surface area contributed by atoms with Crippen molar-refractivity contribution in [1.82, 2.24) is 5.16 Å². The molecule has 1 N–H and O–H groups in total.